The van der Waals surface area contributed by atoms with Gasteiger partial charge in [0.1, 0.15) is 0 Å². The van der Waals surface area contributed by atoms with Gasteiger partial charge in [-0.3, -0.25) is 4.79 Å². The molecule has 0 aromatic heterocycles. The van der Waals surface area contributed by atoms with Gasteiger partial charge in [-0.1, -0.05) is 5.23 Å². The van der Waals surface area contributed by atoms with E-state index in [9.17, 15) is 4.79 Å². The van der Waals surface area contributed by atoms with Crippen molar-refractivity contribution in [2.75, 3.05) is 26.2 Å². The fourth-order valence-electron chi connectivity index (χ4n) is 3.32. The number of fused-ring (bicyclic) bond motifs is 2. The number of hydrogen-bond donors (Lipinski definition) is 1. The van der Waals surface area contributed by atoms with E-state index in [-0.39, 0.29) is 5.91 Å². The molecule has 2 unspecified atom stereocenters. The van der Waals surface area contributed by atoms with Gasteiger partial charge < -0.3 is 15.1 Å². The van der Waals surface area contributed by atoms with Gasteiger partial charge in [0.15, 0.2) is 5.75 Å². The number of nitrogens with zero attached hydrogens (tertiary/aromatic N) is 2. The van der Waals surface area contributed by atoms with Crippen LogP contribution in [-0.2, 0) is 4.84 Å². The van der Waals surface area contributed by atoms with Crippen LogP contribution < -0.4 is 10.2 Å². The number of hydroxylamine groups is 2. The summed E-state index contributed by atoms with van der Waals surface area (Å²) in [6.45, 7) is 3.80. The Labute approximate surface area is 129 Å². The Morgan fingerprint density at radius 2 is 2.14 bits per heavy atom. The van der Waals surface area contributed by atoms with E-state index in [1.54, 1.807) is 30.5 Å². The topological polar surface area (TPSA) is 54.0 Å². The molecule has 1 amide bonds. The quantitative estimate of drug-likeness (QED) is 0.905. The predicted molar refractivity (Wildman–Crippen MR) is 79.8 cm³/mol. The molecule has 0 saturated carbocycles. The molecule has 1 aromatic rings. The lowest BCUT2D eigenvalue weighted by Gasteiger charge is -2.23. The van der Waals surface area contributed by atoms with Gasteiger partial charge in [0.25, 0.3) is 5.91 Å². The molecule has 3 aliphatic rings. The maximum atomic E-state index is 12.3. The number of hydrogen-bond acceptors (Lipinski definition) is 5. The van der Waals surface area contributed by atoms with Crippen LogP contribution in [0.2, 0.25) is 0 Å². The van der Waals surface area contributed by atoms with Crippen LogP contribution >= 0.6 is 0 Å². The number of piperidine rings is 1. The first kappa shape index (κ1) is 13.6. The summed E-state index contributed by atoms with van der Waals surface area (Å²) in [5.41, 5.74) is 0.656. The minimum Gasteiger partial charge on any atom is -0.354 e. The maximum Gasteiger partial charge on any atom is 0.251 e. The summed E-state index contributed by atoms with van der Waals surface area (Å²) in [6, 6.07) is 7.39. The van der Waals surface area contributed by atoms with Crippen molar-refractivity contribution in [2.24, 2.45) is 5.92 Å². The lowest BCUT2D eigenvalue weighted by molar-refractivity contribution is -0.263. The third-order valence-corrected chi connectivity index (χ3v) is 4.49. The molecule has 0 spiro atoms. The van der Waals surface area contributed by atoms with E-state index >= 15 is 0 Å². The second kappa shape index (κ2) is 5.62. The van der Waals surface area contributed by atoms with Crippen LogP contribution in [0, 0.1) is 5.92 Å². The zero-order valence-electron chi connectivity index (χ0n) is 12.3. The molecular weight excluding hydrogens is 282 g/mol. The number of nitrogens with one attached hydrogen (secondary N) is 1. The van der Waals surface area contributed by atoms with Crippen LogP contribution in [0.15, 0.2) is 36.5 Å². The van der Waals surface area contributed by atoms with Gasteiger partial charge in [0.05, 0.1) is 12.8 Å². The zero-order valence-corrected chi connectivity index (χ0v) is 12.3. The first-order chi connectivity index (χ1) is 10.8. The molecule has 116 valence electrons. The van der Waals surface area contributed by atoms with Crippen molar-refractivity contribution in [1.82, 2.24) is 15.4 Å². The molecule has 3 heterocycles. The highest BCUT2D eigenvalue weighted by atomic mass is 17.0. The SMILES string of the molecule is O=C(NC1CN2CC[C@H]1C2)c1ccc(ON2C=CCO2)cc1. The van der Waals surface area contributed by atoms with Gasteiger partial charge in [-0.05, 0) is 49.2 Å². The van der Waals surface area contributed by atoms with E-state index in [0.717, 1.165) is 13.1 Å². The number of rotatable bonds is 4. The highest BCUT2D eigenvalue weighted by Crippen LogP contribution is 2.28. The van der Waals surface area contributed by atoms with Crippen LogP contribution in [-0.4, -0.2) is 48.3 Å². The highest BCUT2D eigenvalue weighted by Gasteiger charge is 2.38. The number of amides is 1. The minimum atomic E-state index is -0.0115. The number of carbonyl (C=O) groups excluding carboxylic acids is 1. The number of benzene rings is 1. The lowest BCUT2D eigenvalue weighted by atomic mass is 9.99. The van der Waals surface area contributed by atoms with Crippen molar-refractivity contribution in [3.63, 3.8) is 0 Å². The van der Waals surface area contributed by atoms with Crippen molar-refractivity contribution in [1.29, 1.82) is 0 Å². The first-order valence-corrected chi connectivity index (χ1v) is 7.68. The van der Waals surface area contributed by atoms with Gasteiger partial charge >= 0.3 is 0 Å². The van der Waals surface area contributed by atoms with Crippen LogP contribution in [0.4, 0.5) is 0 Å². The Bertz CT molecular complexity index is 587. The van der Waals surface area contributed by atoms with E-state index < -0.39 is 0 Å². The standard InChI is InChI=1S/C16H19N3O3/c20-16(17-15-11-18-8-6-13(15)10-18)12-2-4-14(5-3-12)22-19-7-1-9-21-19/h1-5,7,13,15H,6,8-11H2,(H,17,20)/t13-,15?/m0/s1. The molecule has 2 saturated heterocycles. The minimum absolute atomic E-state index is 0.0115. The molecule has 2 fully saturated rings. The monoisotopic (exact) mass is 301 g/mol. The molecule has 2 bridgehead atoms. The van der Waals surface area contributed by atoms with E-state index in [1.807, 2.05) is 6.08 Å². The fraction of sp³-hybridized carbons (Fsp3) is 0.438. The molecule has 6 nitrogen and oxygen atoms in total. The molecule has 22 heavy (non-hydrogen) atoms. The Morgan fingerprint density at radius 1 is 1.27 bits per heavy atom. The van der Waals surface area contributed by atoms with Gasteiger partial charge in [-0.2, -0.15) is 0 Å². The van der Waals surface area contributed by atoms with Crippen LogP contribution in [0.1, 0.15) is 16.8 Å². The summed E-state index contributed by atoms with van der Waals surface area (Å²) >= 11 is 0. The first-order valence-electron chi connectivity index (χ1n) is 7.68. The summed E-state index contributed by atoms with van der Waals surface area (Å²) in [5.74, 6) is 1.24. The molecule has 6 heteroatoms. The van der Waals surface area contributed by atoms with E-state index in [4.69, 9.17) is 9.68 Å². The second-order valence-electron chi connectivity index (χ2n) is 5.97. The van der Waals surface area contributed by atoms with E-state index in [2.05, 4.69) is 10.2 Å². The summed E-state index contributed by atoms with van der Waals surface area (Å²) in [6.07, 6.45) is 4.76. The third kappa shape index (κ3) is 2.67. The van der Waals surface area contributed by atoms with Crippen molar-refractivity contribution < 1.29 is 14.5 Å². The normalized spacial score (nSPS) is 29.1. The largest absolute Gasteiger partial charge is 0.354 e. The van der Waals surface area contributed by atoms with Crippen molar-refractivity contribution in [3.05, 3.63) is 42.1 Å². The Balaban J connectivity index is 1.35. The lowest BCUT2D eigenvalue weighted by Crippen LogP contribution is -2.43. The summed E-state index contributed by atoms with van der Waals surface area (Å²) in [4.78, 5) is 25.4. The fourth-order valence-corrected chi connectivity index (χ4v) is 3.32. The molecular formula is C16H19N3O3. The van der Waals surface area contributed by atoms with E-state index in [1.165, 1.54) is 18.2 Å². The number of carbonyl (C=O) groups is 1. The zero-order chi connectivity index (χ0) is 14.9. The molecule has 4 rings (SSSR count). The summed E-state index contributed by atoms with van der Waals surface area (Å²) < 4.78 is 0. The average molecular weight is 301 g/mol. The molecule has 0 radical (unpaired) electrons. The van der Waals surface area contributed by atoms with Crippen LogP contribution in [0.3, 0.4) is 0 Å². The maximum absolute atomic E-state index is 12.3. The van der Waals surface area contributed by atoms with Crippen molar-refractivity contribution in [2.45, 2.75) is 12.5 Å². The predicted octanol–water partition coefficient (Wildman–Crippen LogP) is 1.18. The van der Waals surface area contributed by atoms with Crippen molar-refractivity contribution in [3.8, 4) is 5.75 Å². The van der Waals surface area contributed by atoms with Gasteiger partial charge in [0.2, 0.25) is 0 Å². The molecule has 1 aromatic carbocycles. The Kier molecular flexibility index (Phi) is 3.48. The van der Waals surface area contributed by atoms with Gasteiger partial charge in [-0.25, -0.2) is 4.84 Å². The van der Waals surface area contributed by atoms with Crippen molar-refractivity contribution >= 4 is 5.91 Å². The smallest absolute Gasteiger partial charge is 0.251 e. The Hall–Kier alpha value is -2.05. The molecule has 3 aliphatic heterocycles. The summed E-state index contributed by atoms with van der Waals surface area (Å²) in [7, 11) is 0. The van der Waals surface area contributed by atoms with E-state index in [0.29, 0.717) is 29.9 Å². The third-order valence-electron chi connectivity index (χ3n) is 4.49. The molecule has 0 aliphatic carbocycles. The van der Waals surface area contributed by atoms with Gasteiger partial charge in [-0.15, -0.1) is 0 Å². The van der Waals surface area contributed by atoms with Crippen LogP contribution in [0.5, 0.6) is 5.75 Å². The summed E-state index contributed by atoms with van der Waals surface area (Å²) in [5, 5.41) is 4.46. The Morgan fingerprint density at radius 3 is 2.77 bits per heavy atom. The van der Waals surface area contributed by atoms with Crippen LogP contribution in [0.25, 0.3) is 0 Å². The second-order valence-corrected chi connectivity index (χ2v) is 5.97. The highest BCUT2D eigenvalue weighted by molar-refractivity contribution is 5.94. The average Bonchev–Trinajstić information content (AvgIpc) is 3.25. The molecule has 3 atom stereocenters. The van der Waals surface area contributed by atoms with Gasteiger partial charge in [0, 0.05) is 24.7 Å². The molecule has 1 N–H and O–H groups in total.